The molecule has 1 aromatic carbocycles. The Balaban J connectivity index is 3.37. The summed E-state index contributed by atoms with van der Waals surface area (Å²) in [6.07, 6.45) is 4.52. The molecule has 0 saturated heterocycles. The van der Waals surface area contributed by atoms with Crippen molar-refractivity contribution in [1.82, 2.24) is 0 Å². The molecule has 0 aliphatic heterocycles. The van der Waals surface area contributed by atoms with Crippen molar-refractivity contribution in [2.75, 3.05) is 0 Å². The molecule has 0 N–H and O–H groups in total. The number of aryl methyl sites for hydroxylation is 1. The maximum Gasteiger partial charge on any atom is 0.130 e. The van der Waals surface area contributed by atoms with Gasteiger partial charge in [0.15, 0.2) is 0 Å². The summed E-state index contributed by atoms with van der Waals surface area (Å²) < 4.78 is 13.8. The van der Waals surface area contributed by atoms with Crippen LogP contribution in [0.3, 0.4) is 0 Å². The zero-order chi connectivity index (χ0) is 12.8. The van der Waals surface area contributed by atoms with E-state index in [0.29, 0.717) is 11.1 Å². The van der Waals surface area contributed by atoms with Gasteiger partial charge in [-0.2, -0.15) is 5.26 Å². The first-order chi connectivity index (χ1) is 8.13. The van der Waals surface area contributed by atoms with Crippen LogP contribution in [0.1, 0.15) is 23.6 Å². The van der Waals surface area contributed by atoms with Gasteiger partial charge >= 0.3 is 0 Å². The molecule has 0 aliphatic carbocycles. The summed E-state index contributed by atoms with van der Waals surface area (Å²) in [5, 5.41) is 8.77. The van der Waals surface area contributed by atoms with Crippen molar-refractivity contribution >= 4 is 5.57 Å². The third-order valence-corrected chi connectivity index (χ3v) is 2.42. The zero-order valence-electron chi connectivity index (χ0n) is 10.00. The molecular formula is C15H14FN. The second kappa shape index (κ2) is 5.81. The summed E-state index contributed by atoms with van der Waals surface area (Å²) in [7, 11) is 0. The molecular weight excluding hydrogens is 213 g/mol. The van der Waals surface area contributed by atoms with Crippen molar-refractivity contribution in [3.05, 3.63) is 65.5 Å². The van der Waals surface area contributed by atoms with Gasteiger partial charge in [-0.25, -0.2) is 4.39 Å². The van der Waals surface area contributed by atoms with E-state index in [1.54, 1.807) is 31.2 Å². The van der Waals surface area contributed by atoms with Gasteiger partial charge in [0.05, 0.1) is 11.6 Å². The van der Waals surface area contributed by atoms with E-state index in [0.717, 1.165) is 11.1 Å². The molecule has 1 aromatic rings. The predicted molar refractivity (Wildman–Crippen MR) is 68.9 cm³/mol. The van der Waals surface area contributed by atoms with E-state index in [1.165, 1.54) is 12.2 Å². The van der Waals surface area contributed by atoms with Crippen LogP contribution >= 0.6 is 0 Å². The number of nitriles is 1. The van der Waals surface area contributed by atoms with E-state index in [1.807, 2.05) is 6.92 Å². The Morgan fingerprint density at radius 1 is 1.47 bits per heavy atom. The minimum atomic E-state index is -0.324. The molecule has 0 saturated carbocycles. The standard InChI is InChI=1S/C15H14FN/c1-4-6-15(16)13(5-2)14-8-7-12(10-17)9-11(14)3/h4-9H,2H2,1,3H3/b6-4-,15-13-. The van der Waals surface area contributed by atoms with Crippen molar-refractivity contribution in [3.8, 4) is 6.07 Å². The summed E-state index contributed by atoms with van der Waals surface area (Å²) in [6, 6.07) is 7.21. The van der Waals surface area contributed by atoms with Crippen LogP contribution in [0.25, 0.3) is 5.57 Å². The average Bonchev–Trinajstić information content (AvgIpc) is 2.32. The maximum atomic E-state index is 13.8. The van der Waals surface area contributed by atoms with Crippen LogP contribution in [-0.4, -0.2) is 0 Å². The van der Waals surface area contributed by atoms with E-state index < -0.39 is 0 Å². The van der Waals surface area contributed by atoms with Gasteiger partial charge < -0.3 is 0 Å². The van der Waals surface area contributed by atoms with Gasteiger partial charge in [0.2, 0.25) is 0 Å². The largest absolute Gasteiger partial charge is 0.206 e. The molecule has 1 nitrogen and oxygen atoms in total. The van der Waals surface area contributed by atoms with Crippen molar-refractivity contribution in [2.24, 2.45) is 0 Å². The van der Waals surface area contributed by atoms with Crippen LogP contribution < -0.4 is 0 Å². The second-order valence-corrected chi connectivity index (χ2v) is 3.61. The Bertz CT molecular complexity index is 530. The first-order valence-electron chi connectivity index (χ1n) is 5.30. The Morgan fingerprint density at radius 3 is 2.65 bits per heavy atom. The Kier molecular flexibility index (Phi) is 4.42. The van der Waals surface area contributed by atoms with Crippen LogP contribution in [0.4, 0.5) is 4.39 Å². The van der Waals surface area contributed by atoms with Crippen LogP contribution in [0.2, 0.25) is 0 Å². The third kappa shape index (κ3) is 2.92. The fraction of sp³-hybridized carbons (Fsp3) is 0.133. The SMILES string of the molecule is C=C/C(=C(F)\C=C/C)c1ccc(C#N)cc1C. The number of hydrogen-bond donors (Lipinski definition) is 0. The molecule has 0 fully saturated rings. The monoisotopic (exact) mass is 227 g/mol. The first kappa shape index (κ1) is 12.9. The lowest BCUT2D eigenvalue weighted by molar-refractivity contribution is 0.671. The van der Waals surface area contributed by atoms with Crippen molar-refractivity contribution in [3.63, 3.8) is 0 Å². The van der Waals surface area contributed by atoms with Gasteiger partial charge in [-0.05, 0) is 43.2 Å². The van der Waals surface area contributed by atoms with Crippen molar-refractivity contribution < 1.29 is 4.39 Å². The van der Waals surface area contributed by atoms with E-state index in [9.17, 15) is 4.39 Å². The lowest BCUT2D eigenvalue weighted by Crippen LogP contribution is -1.90. The highest BCUT2D eigenvalue weighted by atomic mass is 19.1. The highest BCUT2D eigenvalue weighted by Gasteiger charge is 2.07. The number of nitrogens with zero attached hydrogens (tertiary/aromatic N) is 1. The van der Waals surface area contributed by atoms with Gasteiger partial charge in [0, 0.05) is 5.57 Å². The molecule has 0 bridgehead atoms. The lowest BCUT2D eigenvalue weighted by Gasteiger charge is -2.07. The van der Waals surface area contributed by atoms with Crippen LogP contribution in [-0.2, 0) is 0 Å². The number of allylic oxidation sites excluding steroid dienone is 5. The number of halogens is 1. The predicted octanol–water partition coefficient (Wildman–Crippen LogP) is 4.31. The number of benzene rings is 1. The van der Waals surface area contributed by atoms with Gasteiger partial charge in [-0.15, -0.1) is 0 Å². The molecule has 86 valence electrons. The molecule has 2 heteroatoms. The first-order valence-corrected chi connectivity index (χ1v) is 5.30. The molecule has 0 aromatic heterocycles. The molecule has 0 aliphatic rings. The number of rotatable bonds is 3. The molecule has 0 atom stereocenters. The summed E-state index contributed by atoms with van der Waals surface area (Å²) in [5.41, 5.74) is 2.64. The van der Waals surface area contributed by atoms with Crippen LogP contribution in [0.15, 0.2) is 48.8 Å². The summed E-state index contributed by atoms with van der Waals surface area (Å²) in [4.78, 5) is 0. The van der Waals surface area contributed by atoms with Gasteiger partial charge in [-0.1, -0.05) is 24.8 Å². The van der Waals surface area contributed by atoms with E-state index in [4.69, 9.17) is 5.26 Å². The highest BCUT2D eigenvalue weighted by molar-refractivity contribution is 5.78. The third-order valence-electron chi connectivity index (χ3n) is 2.42. The minimum absolute atomic E-state index is 0.324. The molecule has 1 rings (SSSR count). The van der Waals surface area contributed by atoms with Crippen molar-refractivity contribution in [1.29, 1.82) is 5.26 Å². The average molecular weight is 227 g/mol. The fourth-order valence-corrected chi connectivity index (χ4v) is 1.61. The quantitative estimate of drug-likeness (QED) is 0.706. The Hall–Kier alpha value is -2.14. The Labute approximate surface area is 101 Å². The minimum Gasteiger partial charge on any atom is -0.206 e. The molecule has 0 amide bonds. The molecule has 0 radical (unpaired) electrons. The summed E-state index contributed by atoms with van der Waals surface area (Å²) in [5.74, 6) is -0.324. The highest BCUT2D eigenvalue weighted by Crippen LogP contribution is 2.25. The van der Waals surface area contributed by atoms with Gasteiger partial charge in [-0.3, -0.25) is 0 Å². The smallest absolute Gasteiger partial charge is 0.130 e. The molecule has 17 heavy (non-hydrogen) atoms. The normalized spacial score (nSPS) is 12.1. The second-order valence-electron chi connectivity index (χ2n) is 3.61. The van der Waals surface area contributed by atoms with Crippen LogP contribution in [0, 0.1) is 18.3 Å². The van der Waals surface area contributed by atoms with Crippen molar-refractivity contribution in [2.45, 2.75) is 13.8 Å². The van der Waals surface area contributed by atoms with Crippen LogP contribution in [0.5, 0.6) is 0 Å². The van der Waals surface area contributed by atoms with Gasteiger partial charge in [0.25, 0.3) is 0 Å². The maximum absolute atomic E-state index is 13.8. The lowest BCUT2D eigenvalue weighted by atomic mass is 9.98. The van der Waals surface area contributed by atoms with E-state index >= 15 is 0 Å². The summed E-state index contributed by atoms with van der Waals surface area (Å²) in [6.45, 7) is 7.23. The van der Waals surface area contributed by atoms with E-state index in [2.05, 4.69) is 12.6 Å². The molecule has 0 unspecified atom stereocenters. The van der Waals surface area contributed by atoms with E-state index in [-0.39, 0.29) is 5.83 Å². The van der Waals surface area contributed by atoms with Gasteiger partial charge in [0.1, 0.15) is 5.83 Å². The molecule has 0 heterocycles. The Morgan fingerprint density at radius 2 is 2.18 bits per heavy atom. The molecule has 0 spiro atoms. The zero-order valence-corrected chi connectivity index (χ0v) is 10.00. The summed E-state index contributed by atoms with van der Waals surface area (Å²) >= 11 is 0. The number of hydrogen-bond acceptors (Lipinski definition) is 1. The fourth-order valence-electron chi connectivity index (χ4n) is 1.61. The topological polar surface area (TPSA) is 23.8 Å².